The van der Waals surface area contributed by atoms with E-state index in [1.807, 2.05) is 0 Å². The number of aryl methyl sites for hydroxylation is 2. The second-order valence-corrected chi connectivity index (χ2v) is 8.09. The van der Waals surface area contributed by atoms with Crippen molar-refractivity contribution in [2.45, 2.75) is 52.3 Å². The van der Waals surface area contributed by atoms with Gasteiger partial charge >= 0.3 is 0 Å². The standard InChI is InChI=1S/C16H25N3O2S/c1-9-16(22-11(3)17-9)8-19-6-12-4-14(18-10(2)20)15(21)5-13(12)7-19/h12-15,21H,4-8H2,1-3H3,(H,18,20)/t12-,13+,14-,15-/m1/s1. The number of carbonyl (C=O) groups is 1. The molecule has 5 nitrogen and oxygen atoms in total. The summed E-state index contributed by atoms with van der Waals surface area (Å²) in [5, 5.41) is 14.3. The lowest BCUT2D eigenvalue weighted by atomic mass is 9.77. The van der Waals surface area contributed by atoms with Crippen LogP contribution in [0.25, 0.3) is 0 Å². The molecule has 2 N–H and O–H groups in total. The topological polar surface area (TPSA) is 65.5 Å². The van der Waals surface area contributed by atoms with Crippen molar-refractivity contribution in [3.63, 3.8) is 0 Å². The van der Waals surface area contributed by atoms with Gasteiger partial charge in [-0.05, 0) is 38.5 Å². The molecule has 2 fully saturated rings. The monoisotopic (exact) mass is 323 g/mol. The number of carbonyl (C=O) groups excluding carboxylic acids is 1. The molecule has 1 aromatic rings. The Morgan fingerprint density at radius 1 is 1.36 bits per heavy atom. The quantitative estimate of drug-likeness (QED) is 0.884. The number of fused-ring (bicyclic) bond motifs is 1. The fourth-order valence-corrected chi connectivity index (χ4v) is 4.98. The largest absolute Gasteiger partial charge is 0.391 e. The van der Waals surface area contributed by atoms with Gasteiger partial charge in [0.1, 0.15) is 0 Å². The molecule has 6 heteroatoms. The molecule has 1 amide bonds. The van der Waals surface area contributed by atoms with Crippen LogP contribution in [0.1, 0.15) is 35.3 Å². The summed E-state index contributed by atoms with van der Waals surface area (Å²) < 4.78 is 0. The highest BCUT2D eigenvalue weighted by atomic mass is 32.1. The third kappa shape index (κ3) is 3.34. The Balaban J connectivity index is 1.62. The predicted octanol–water partition coefficient (Wildman–Crippen LogP) is 1.47. The summed E-state index contributed by atoms with van der Waals surface area (Å²) in [4.78, 5) is 19.6. The van der Waals surface area contributed by atoms with Gasteiger partial charge < -0.3 is 10.4 Å². The number of nitrogens with zero attached hydrogens (tertiary/aromatic N) is 2. The molecule has 2 aliphatic rings. The van der Waals surface area contributed by atoms with Gasteiger partial charge in [-0.2, -0.15) is 0 Å². The van der Waals surface area contributed by atoms with Crippen LogP contribution in [-0.4, -0.2) is 46.1 Å². The number of hydrogen-bond donors (Lipinski definition) is 2. The Morgan fingerprint density at radius 2 is 2.05 bits per heavy atom. The predicted molar refractivity (Wildman–Crippen MR) is 86.7 cm³/mol. The first kappa shape index (κ1) is 15.9. The summed E-state index contributed by atoms with van der Waals surface area (Å²) in [5.41, 5.74) is 1.15. The van der Waals surface area contributed by atoms with E-state index in [2.05, 4.69) is 29.0 Å². The highest BCUT2D eigenvalue weighted by molar-refractivity contribution is 7.11. The molecule has 122 valence electrons. The molecule has 1 saturated carbocycles. The minimum atomic E-state index is -0.405. The average molecular weight is 323 g/mol. The van der Waals surface area contributed by atoms with E-state index in [0.717, 1.165) is 43.2 Å². The summed E-state index contributed by atoms with van der Waals surface area (Å²) in [5.74, 6) is 1.08. The minimum Gasteiger partial charge on any atom is -0.391 e. The molecule has 3 rings (SSSR count). The smallest absolute Gasteiger partial charge is 0.217 e. The van der Waals surface area contributed by atoms with Crippen molar-refractivity contribution in [1.29, 1.82) is 0 Å². The fraction of sp³-hybridized carbons (Fsp3) is 0.750. The van der Waals surface area contributed by atoms with Crippen molar-refractivity contribution in [3.05, 3.63) is 15.6 Å². The lowest BCUT2D eigenvalue weighted by molar-refractivity contribution is -0.121. The molecule has 22 heavy (non-hydrogen) atoms. The molecule has 2 heterocycles. The van der Waals surface area contributed by atoms with Gasteiger partial charge in [0.25, 0.3) is 0 Å². The molecule has 0 radical (unpaired) electrons. The van der Waals surface area contributed by atoms with E-state index in [1.165, 1.54) is 11.8 Å². The van der Waals surface area contributed by atoms with E-state index in [-0.39, 0.29) is 11.9 Å². The minimum absolute atomic E-state index is 0.0480. The van der Waals surface area contributed by atoms with Gasteiger partial charge in [0.05, 0.1) is 22.8 Å². The van der Waals surface area contributed by atoms with Crippen molar-refractivity contribution in [1.82, 2.24) is 15.2 Å². The zero-order valence-corrected chi connectivity index (χ0v) is 14.3. The van der Waals surface area contributed by atoms with Gasteiger partial charge in [-0.1, -0.05) is 0 Å². The number of aliphatic hydroxyl groups is 1. The van der Waals surface area contributed by atoms with Crippen molar-refractivity contribution in [2.24, 2.45) is 11.8 Å². The normalized spacial score (nSPS) is 32.0. The van der Waals surface area contributed by atoms with Crippen molar-refractivity contribution in [2.75, 3.05) is 13.1 Å². The van der Waals surface area contributed by atoms with Crippen LogP contribution in [0.15, 0.2) is 0 Å². The molecular formula is C16H25N3O2S. The number of amides is 1. The van der Waals surface area contributed by atoms with E-state index in [1.54, 1.807) is 11.3 Å². The Hall–Kier alpha value is -0.980. The maximum atomic E-state index is 11.3. The first-order chi connectivity index (χ1) is 10.4. The molecule has 1 aromatic heterocycles. The molecule has 1 saturated heterocycles. The van der Waals surface area contributed by atoms with E-state index >= 15 is 0 Å². The fourth-order valence-electron chi connectivity index (χ4n) is 4.00. The van der Waals surface area contributed by atoms with Crippen LogP contribution in [0.4, 0.5) is 0 Å². The van der Waals surface area contributed by atoms with Crippen LogP contribution in [0, 0.1) is 25.7 Å². The van der Waals surface area contributed by atoms with Gasteiger partial charge in [-0.3, -0.25) is 9.69 Å². The van der Waals surface area contributed by atoms with Crippen molar-refractivity contribution in [3.8, 4) is 0 Å². The number of rotatable bonds is 3. The SMILES string of the molecule is CC(=O)N[C@@H]1C[C@@H]2CN(Cc3sc(C)nc3C)C[C@@H]2C[C@H]1O. The molecule has 0 bridgehead atoms. The first-order valence-corrected chi connectivity index (χ1v) is 8.84. The third-order valence-corrected chi connectivity index (χ3v) is 6.03. The number of nitrogens with one attached hydrogen (secondary N) is 1. The average Bonchev–Trinajstić information content (AvgIpc) is 2.92. The molecule has 4 atom stereocenters. The van der Waals surface area contributed by atoms with Crippen molar-refractivity contribution >= 4 is 17.2 Å². The van der Waals surface area contributed by atoms with E-state index in [4.69, 9.17) is 0 Å². The summed E-state index contributed by atoms with van der Waals surface area (Å²) in [6, 6.07) is -0.0777. The second-order valence-electron chi connectivity index (χ2n) is 6.80. The summed E-state index contributed by atoms with van der Waals surface area (Å²) in [6.07, 6.45) is 1.28. The second kappa shape index (κ2) is 6.26. The molecular weight excluding hydrogens is 298 g/mol. The lowest BCUT2D eigenvalue weighted by Crippen LogP contribution is -2.48. The molecule has 0 unspecified atom stereocenters. The van der Waals surface area contributed by atoms with Crippen LogP contribution in [0.2, 0.25) is 0 Å². The van der Waals surface area contributed by atoms with Crippen LogP contribution >= 0.6 is 11.3 Å². The Morgan fingerprint density at radius 3 is 2.64 bits per heavy atom. The Labute approximate surface area is 135 Å². The Kier molecular flexibility index (Phi) is 4.52. The first-order valence-electron chi connectivity index (χ1n) is 8.02. The zero-order valence-electron chi connectivity index (χ0n) is 13.5. The van der Waals surface area contributed by atoms with E-state index < -0.39 is 6.10 Å². The Bertz CT molecular complexity index is 560. The van der Waals surface area contributed by atoms with Gasteiger partial charge in [0, 0.05) is 31.4 Å². The number of hydrogen-bond acceptors (Lipinski definition) is 5. The highest BCUT2D eigenvalue weighted by Crippen LogP contribution is 2.37. The van der Waals surface area contributed by atoms with Gasteiger partial charge in [-0.15, -0.1) is 11.3 Å². The maximum Gasteiger partial charge on any atom is 0.217 e. The number of aromatic nitrogens is 1. The molecule has 1 aliphatic heterocycles. The molecule has 1 aliphatic carbocycles. The zero-order chi connectivity index (χ0) is 15.9. The van der Waals surface area contributed by atoms with Gasteiger partial charge in [0.2, 0.25) is 5.91 Å². The summed E-state index contributed by atoms with van der Waals surface area (Å²) in [7, 11) is 0. The summed E-state index contributed by atoms with van der Waals surface area (Å²) in [6.45, 7) is 8.73. The maximum absolute atomic E-state index is 11.3. The van der Waals surface area contributed by atoms with E-state index in [9.17, 15) is 9.90 Å². The van der Waals surface area contributed by atoms with Crippen LogP contribution in [0.3, 0.4) is 0 Å². The van der Waals surface area contributed by atoms with Crippen molar-refractivity contribution < 1.29 is 9.90 Å². The summed E-state index contributed by atoms with van der Waals surface area (Å²) >= 11 is 1.78. The number of thiazole rings is 1. The third-order valence-electron chi connectivity index (χ3n) is 4.97. The van der Waals surface area contributed by atoms with Crippen LogP contribution in [-0.2, 0) is 11.3 Å². The van der Waals surface area contributed by atoms with E-state index in [0.29, 0.717) is 11.8 Å². The molecule has 0 aromatic carbocycles. The van der Waals surface area contributed by atoms with Crippen LogP contribution < -0.4 is 5.32 Å². The number of likely N-dealkylation sites (tertiary alicyclic amines) is 1. The highest BCUT2D eigenvalue weighted by Gasteiger charge is 2.41. The van der Waals surface area contributed by atoms with Gasteiger partial charge in [-0.25, -0.2) is 4.98 Å². The number of aliphatic hydroxyl groups excluding tert-OH is 1. The molecule has 0 spiro atoms. The lowest BCUT2D eigenvalue weighted by Gasteiger charge is -2.35. The van der Waals surface area contributed by atoms with Gasteiger partial charge in [0.15, 0.2) is 0 Å². The van der Waals surface area contributed by atoms with Crippen LogP contribution in [0.5, 0.6) is 0 Å².